The summed E-state index contributed by atoms with van der Waals surface area (Å²) in [4.78, 5) is 8.97. The molecule has 0 radical (unpaired) electrons. The molecule has 0 spiro atoms. The molecule has 0 aromatic carbocycles. The fourth-order valence-electron chi connectivity index (χ4n) is 2.44. The number of rotatable bonds is 5. The number of likely N-dealkylation sites (N-methyl/N-ethyl adjacent to an activating group) is 1. The molecule has 3 rings (SSSR count). The van der Waals surface area contributed by atoms with Gasteiger partial charge in [0.15, 0.2) is 10.8 Å². The number of piperazine rings is 1. The van der Waals surface area contributed by atoms with Crippen molar-refractivity contribution >= 4 is 17.2 Å². The molecule has 1 aliphatic heterocycles. The molecule has 3 heterocycles. The van der Waals surface area contributed by atoms with Crippen molar-refractivity contribution in [3.05, 3.63) is 23.5 Å². The molecular formula is C14H20ClN5O. The van der Waals surface area contributed by atoms with Crippen molar-refractivity contribution < 1.29 is 4.74 Å². The van der Waals surface area contributed by atoms with E-state index in [9.17, 15) is 0 Å². The average Bonchev–Trinajstić information content (AvgIpc) is 2.87. The Morgan fingerprint density at radius 3 is 2.86 bits per heavy atom. The molecule has 21 heavy (non-hydrogen) atoms. The van der Waals surface area contributed by atoms with E-state index in [1.54, 1.807) is 10.7 Å². The summed E-state index contributed by atoms with van der Waals surface area (Å²) in [6, 6.07) is 3.68. The van der Waals surface area contributed by atoms with Crippen LogP contribution in [0.3, 0.4) is 0 Å². The van der Waals surface area contributed by atoms with E-state index in [4.69, 9.17) is 16.3 Å². The van der Waals surface area contributed by atoms with Crippen LogP contribution in [0.2, 0.25) is 5.15 Å². The second-order valence-corrected chi connectivity index (χ2v) is 5.76. The fourth-order valence-corrected chi connectivity index (χ4v) is 2.62. The molecule has 0 saturated carbocycles. The maximum absolute atomic E-state index is 5.99. The molecule has 1 saturated heterocycles. The molecule has 0 N–H and O–H groups in total. The first-order valence-electron chi connectivity index (χ1n) is 7.26. The molecule has 0 amide bonds. The van der Waals surface area contributed by atoms with Crippen molar-refractivity contribution in [1.29, 1.82) is 0 Å². The van der Waals surface area contributed by atoms with Gasteiger partial charge in [0.1, 0.15) is 0 Å². The largest absolute Gasteiger partial charge is 0.477 e. The molecule has 6 nitrogen and oxygen atoms in total. The summed E-state index contributed by atoms with van der Waals surface area (Å²) in [5, 5.41) is 4.80. The third-order valence-electron chi connectivity index (χ3n) is 3.76. The predicted octanol–water partition coefficient (Wildman–Crippen LogP) is 1.40. The first-order chi connectivity index (χ1) is 10.2. The van der Waals surface area contributed by atoms with Gasteiger partial charge in [-0.3, -0.25) is 0 Å². The van der Waals surface area contributed by atoms with Crippen LogP contribution < -0.4 is 4.74 Å². The van der Waals surface area contributed by atoms with Gasteiger partial charge in [-0.05, 0) is 19.5 Å². The second kappa shape index (κ2) is 6.60. The highest BCUT2D eigenvalue weighted by Gasteiger charge is 2.13. The topological polar surface area (TPSA) is 45.9 Å². The molecule has 1 aliphatic rings. The van der Waals surface area contributed by atoms with Gasteiger partial charge < -0.3 is 14.5 Å². The molecule has 114 valence electrons. The molecule has 0 unspecified atom stereocenters. The van der Waals surface area contributed by atoms with E-state index in [2.05, 4.69) is 26.9 Å². The van der Waals surface area contributed by atoms with Crippen LogP contribution in [0.25, 0.3) is 5.65 Å². The summed E-state index contributed by atoms with van der Waals surface area (Å²) in [6.07, 6.45) is 2.59. The van der Waals surface area contributed by atoms with Crippen LogP contribution in [0.5, 0.6) is 5.88 Å². The van der Waals surface area contributed by atoms with Crippen LogP contribution in [-0.4, -0.2) is 70.8 Å². The van der Waals surface area contributed by atoms with Gasteiger partial charge in [-0.2, -0.15) is 4.52 Å². The van der Waals surface area contributed by atoms with Gasteiger partial charge >= 0.3 is 0 Å². The molecule has 2 aromatic heterocycles. The Morgan fingerprint density at radius 2 is 2.05 bits per heavy atom. The molecule has 7 heteroatoms. The molecule has 0 bridgehead atoms. The maximum Gasteiger partial charge on any atom is 0.231 e. The summed E-state index contributed by atoms with van der Waals surface area (Å²) in [5.41, 5.74) is 0.727. The zero-order chi connectivity index (χ0) is 14.7. The lowest BCUT2D eigenvalue weighted by molar-refractivity contribution is 0.145. The number of aromatic nitrogens is 3. The Morgan fingerprint density at radius 1 is 1.24 bits per heavy atom. The van der Waals surface area contributed by atoms with E-state index in [-0.39, 0.29) is 0 Å². The number of halogens is 1. The lowest BCUT2D eigenvalue weighted by atomic mass is 10.3. The minimum Gasteiger partial charge on any atom is -0.477 e. The molecule has 0 atom stereocenters. The fraction of sp³-hybridized carbons (Fsp3) is 0.571. The third-order valence-corrected chi connectivity index (χ3v) is 4.02. The highest BCUT2D eigenvalue weighted by molar-refractivity contribution is 6.29. The summed E-state index contributed by atoms with van der Waals surface area (Å²) in [6.45, 7) is 6.33. The van der Waals surface area contributed by atoms with Crippen LogP contribution in [0.4, 0.5) is 0 Å². The first-order valence-corrected chi connectivity index (χ1v) is 7.64. The van der Waals surface area contributed by atoms with Crippen molar-refractivity contribution in [2.24, 2.45) is 0 Å². The summed E-state index contributed by atoms with van der Waals surface area (Å²) in [7, 11) is 2.17. The van der Waals surface area contributed by atoms with Gasteiger partial charge in [0.25, 0.3) is 0 Å². The summed E-state index contributed by atoms with van der Waals surface area (Å²) < 4.78 is 7.28. The van der Waals surface area contributed by atoms with Crippen molar-refractivity contribution in [2.45, 2.75) is 6.42 Å². The molecule has 2 aromatic rings. The standard InChI is InChI=1S/C14H20ClN5O/c1-18-6-8-19(9-7-18)5-2-10-21-14-4-3-13-16-11-12(15)20(13)17-14/h3-4,11H,2,5-10H2,1H3. The van der Waals surface area contributed by atoms with Gasteiger partial charge in [0.2, 0.25) is 5.88 Å². The number of ether oxygens (including phenoxy) is 1. The highest BCUT2D eigenvalue weighted by Crippen LogP contribution is 2.14. The normalized spacial score (nSPS) is 17.4. The quantitative estimate of drug-likeness (QED) is 0.781. The minimum absolute atomic E-state index is 0.493. The second-order valence-electron chi connectivity index (χ2n) is 5.37. The van der Waals surface area contributed by atoms with E-state index < -0.39 is 0 Å². The van der Waals surface area contributed by atoms with E-state index >= 15 is 0 Å². The zero-order valence-corrected chi connectivity index (χ0v) is 13.0. The van der Waals surface area contributed by atoms with E-state index in [0.29, 0.717) is 17.6 Å². The van der Waals surface area contributed by atoms with Gasteiger partial charge in [0.05, 0.1) is 12.8 Å². The van der Waals surface area contributed by atoms with Crippen molar-refractivity contribution in [1.82, 2.24) is 24.4 Å². The van der Waals surface area contributed by atoms with Crippen LogP contribution in [0.1, 0.15) is 6.42 Å². The number of imidazole rings is 1. The van der Waals surface area contributed by atoms with Crippen LogP contribution in [0, 0.1) is 0 Å². The smallest absolute Gasteiger partial charge is 0.231 e. The van der Waals surface area contributed by atoms with Crippen molar-refractivity contribution in [3.63, 3.8) is 0 Å². The van der Waals surface area contributed by atoms with Crippen molar-refractivity contribution in [2.75, 3.05) is 46.4 Å². The van der Waals surface area contributed by atoms with Crippen LogP contribution in [-0.2, 0) is 0 Å². The van der Waals surface area contributed by atoms with Gasteiger partial charge in [0, 0.05) is 38.8 Å². The SMILES string of the molecule is CN1CCN(CCCOc2ccc3ncc(Cl)n3n2)CC1. The lowest BCUT2D eigenvalue weighted by Gasteiger charge is -2.32. The minimum atomic E-state index is 0.493. The van der Waals surface area contributed by atoms with Gasteiger partial charge in [-0.15, -0.1) is 5.10 Å². The number of nitrogens with zero attached hydrogens (tertiary/aromatic N) is 5. The highest BCUT2D eigenvalue weighted by atomic mass is 35.5. The Kier molecular flexibility index (Phi) is 4.57. The number of fused-ring (bicyclic) bond motifs is 1. The monoisotopic (exact) mass is 309 g/mol. The Bertz CT molecular complexity index is 594. The number of hydrogen-bond acceptors (Lipinski definition) is 5. The Labute approximate surface area is 129 Å². The predicted molar refractivity (Wildman–Crippen MR) is 82.0 cm³/mol. The van der Waals surface area contributed by atoms with Gasteiger partial charge in [-0.1, -0.05) is 11.6 Å². The van der Waals surface area contributed by atoms with Crippen LogP contribution in [0.15, 0.2) is 18.3 Å². The lowest BCUT2D eigenvalue weighted by Crippen LogP contribution is -2.44. The van der Waals surface area contributed by atoms with E-state index in [1.165, 1.54) is 0 Å². The zero-order valence-electron chi connectivity index (χ0n) is 12.2. The van der Waals surface area contributed by atoms with Crippen LogP contribution >= 0.6 is 11.6 Å². The van der Waals surface area contributed by atoms with E-state index in [0.717, 1.165) is 44.8 Å². The summed E-state index contributed by atoms with van der Waals surface area (Å²) >= 11 is 5.99. The van der Waals surface area contributed by atoms with Crippen molar-refractivity contribution in [3.8, 4) is 5.88 Å². The molecule has 1 fully saturated rings. The maximum atomic E-state index is 5.99. The Balaban J connectivity index is 1.45. The molecule has 0 aliphatic carbocycles. The number of hydrogen-bond donors (Lipinski definition) is 0. The molecular weight excluding hydrogens is 290 g/mol. The van der Waals surface area contributed by atoms with E-state index in [1.807, 2.05) is 12.1 Å². The van der Waals surface area contributed by atoms with Gasteiger partial charge in [-0.25, -0.2) is 4.98 Å². The Hall–Kier alpha value is -1.37. The average molecular weight is 310 g/mol. The third kappa shape index (κ3) is 3.64. The first kappa shape index (κ1) is 14.6. The summed E-state index contributed by atoms with van der Waals surface area (Å²) in [5.74, 6) is 0.584.